The van der Waals surface area contributed by atoms with Crippen molar-refractivity contribution >= 4 is 5.82 Å². The fourth-order valence-electron chi connectivity index (χ4n) is 2.70. The molecule has 118 valence electrons. The van der Waals surface area contributed by atoms with Crippen LogP contribution in [0.4, 0.5) is 5.82 Å². The van der Waals surface area contributed by atoms with Gasteiger partial charge in [0.1, 0.15) is 5.82 Å². The largest absolute Gasteiger partial charge is 0.478 e. The molecular weight excluding hydrogens is 262 g/mol. The molecule has 0 amide bonds. The molecule has 1 fully saturated rings. The lowest BCUT2D eigenvalue weighted by molar-refractivity contribution is 0.323. The highest BCUT2D eigenvalue weighted by Gasteiger charge is 2.22. The van der Waals surface area contributed by atoms with Gasteiger partial charge in [-0.25, -0.2) is 0 Å². The number of aromatic nitrogens is 1. The van der Waals surface area contributed by atoms with Crippen molar-refractivity contribution in [1.29, 1.82) is 0 Å². The Kier molecular flexibility index (Phi) is 5.45. The minimum atomic E-state index is 0.190. The summed E-state index contributed by atoms with van der Waals surface area (Å²) < 4.78 is 5.51. The second kappa shape index (κ2) is 7.12. The molecule has 1 aliphatic rings. The Morgan fingerprint density at radius 3 is 2.90 bits per heavy atom. The average molecular weight is 291 g/mol. The van der Waals surface area contributed by atoms with Crippen molar-refractivity contribution in [3.8, 4) is 5.88 Å². The quantitative estimate of drug-likeness (QED) is 0.904. The highest BCUT2D eigenvalue weighted by atomic mass is 16.5. The molecule has 1 atom stereocenters. The number of piperidine rings is 1. The summed E-state index contributed by atoms with van der Waals surface area (Å²) in [4.78, 5) is 7.00. The van der Waals surface area contributed by atoms with Crippen molar-refractivity contribution in [1.82, 2.24) is 10.3 Å². The van der Waals surface area contributed by atoms with E-state index >= 15 is 0 Å². The van der Waals surface area contributed by atoms with Crippen LogP contribution in [0, 0.1) is 5.92 Å². The van der Waals surface area contributed by atoms with Crippen molar-refractivity contribution < 1.29 is 4.74 Å². The molecule has 0 saturated carbocycles. The van der Waals surface area contributed by atoms with E-state index in [-0.39, 0.29) is 5.54 Å². The molecule has 21 heavy (non-hydrogen) atoms. The maximum absolute atomic E-state index is 5.51. The minimum absolute atomic E-state index is 0.190. The highest BCUT2D eigenvalue weighted by Crippen LogP contribution is 2.23. The van der Waals surface area contributed by atoms with Gasteiger partial charge in [0.15, 0.2) is 0 Å². The first kappa shape index (κ1) is 16.1. The summed E-state index contributed by atoms with van der Waals surface area (Å²) in [5, 5.41) is 3.62. The molecule has 1 saturated heterocycles. The Labute approximate surface area is 128 Å². The van der Waals surface area contributed by atoms with Crippen molar-refractivity contribution in [2.45, 2.75) is 46.1 Å². The third-order valence-electron chi connectivity index (χ3n) is 3.77. The van der Waals surface area contributed by atoms with Crippen molar-refractivity contribution in [3.63, 3.8) is 0 Å². The molecule has 1 N–H and O–H groups in total. The summed E-state index contributed by atoms with van der Waals surface area (Å²) in [7, 11) is 0. The number of anilines is 1. The smallest absolute Gasteiger partial charge is 0.215 e. The van der Waals surface area contributed by atoms with Crippen molar-refractivity contribution in [2.24, 2.45) is 5.92 Å². The molecule has 0 bridgehead atoms. The molecular formula is C17H29N3O. The first-order chi connectivity index (χ1) is 9.98. The SMILES string of the molecule is CCOc1cccc(N2CCCC(CNC(C)(C)C)C2)n1. The van der Waals surface area contributed by atoms with E-state index in [0.717, 1.165) is 31.3 Å². The predicted molar refractivity (Wildman–Crippen MR) is 88.1 cm³/mol. The fraction of sp³-hybridized carbons (Fsp3) is 0.706. The van der Waals surface area contributed by atoms with E-state index in [1.54, 1.807) is 0 Å². The van der Waals surface area contributed by atoms with Gasteiger partial charge >= 0.3 is 0 Å². The molecule has 0 radical (unpaired) electrons. The number of nitrogens with zero attached hydrogens (tertiary/aromatic N) is 2. The molecule has 2 rings (SSSR count). The van der Waals surface area contributed by atoms with Crippen LogP contribution >= 0.6 is 0 Å². The Morgan fingerprint density at radius 2 is 2.19 bits per heavy atom. The van der Waals surface area contributed by atoms with Gasteiger partial charge in [0, 0.05) is 31.2 Å². The maximum atomic E-state index is 5.51. The van der Waals surface area contributed by atoms with Gasteiger partial charge in [0.2, 0.25) is 5.88 Å². The molecule has 1 aliphatic heterocycles. The number of ether oxygens (including phenoxy) is 1. The van der Waals surface area contributed by atoms with Crippen LogP contribution in [-0.2, 0) is 0 Å². The van der Waals surface area contributed by atoms with Gasteiger partial charge in [0.05, 0.1) is 6.61 Å². The second-order valence-corrected chi connectivity index (χ2v) is 6.85. The molecule has 2 heterocycles. The topological polar surface area (TPSA) is 37.4 Å². The van der Waals surface area contributed by atoms with Crippen LogP contribution in [-0.4, -0.2) is 36.8 Å². The zero-order chi connectivity index (χ0) is 15.3. The van der Waals surface area contributed by atoms with Gasteiger partial charge in [0.25, 0.3) is 0 Å². The van der Waals surface area contributed by atoms with Gasteiger partial charge in [-0.1, -0.05) is 6.07 Å². The first-order valence-corrected chi connectivity index (χ1v) is 8.08. The van der Waals surface area contributed by atoms with Crippen LogP contribution in [0.3, 0.4) is 0 Å². The van der Waals surface area contributed by atoms with E-state index in [1.165, 1.54) is 12.8 Å². The third kappa shape index (κ3) is 5.20. The van der Waals surface area contributed by atoms with Gasteiger partial charge < -0.3 is 15.0 Å². The summed E-state index contributed by atoms with van der Waals surface area (Å²) in [5.41, 5.74) is 0.190. The lowest BCUT2D eigenvalue weighted by atomic mass is 9.96. The van der Waals surface area contributed by atoms with Crippen molar-refractivity contribution in [3.05, 3.63) is 18.2 Å². The summed E-state index contributed by atoms with van der Waals surface area (Å²) in [6.07, 6.45) is 2.53. The van der Waals surface area contributed by atoms with E-state index in [2.05, 4.69) is 42.0 Å². The minimum Gasteiger partial charge on any atom is -0.478 e. The van der Waals surface area contributed by atoms with Gasteiger partial charge in [-0.2, -0.15) is 4.98 Å². The number of hydrogen-bond donors (Lipinski definition) is 1. The maximum Gasteiger partial charge on any atom is 0.215 e. The van der Waals surface area contributed by atoms with Gasteiger partial charge in [-0.3, -0.25) is 0 Å². The lowest BCUT2D eigenvalue weighted by Crippen LogP contribution is -2.44. The summed E-state index contributed by atoms with van der Waals surface area (Å²) in [6, 6.07) is 6.04. The second-order valence-electron chi connectivity index (χ2n) is 6.85. The van der Waals surface area contributed by atoms with Gasteiger partial charge in [-0.15, -0.1) is 0 Å². The molecule has 0 spiro atoms. The number of hydrogen-bond acceptors (Lipinski definition) is 4. The Balaban J connectivity index is 1.95. The van der Waals surface area contributed by atoms with Crippen LogP contribution in [0.15, 0.2) is 18.2 Å². The summed E-state index contributed by atoms with van der Waals surface area (Å²) >= 11 is 0. The zero-order valence-corrected chi connectivity index (χ0v) is 13.9. The van der Waals surface area contributed by atoms with E-state index in [0.29, 0.717) is 12.5 Å². The summed E-state index contributed by atoms with van der Waals surface area (Å²) in [5.74, 6) is 2.46. The Hall–Kier alpha value is -1.29. The van der Waals surface area contributed by atoms with Crippen LogP contribution in [0.1, 0.15) is 40.5 Å². The third-order valence-corrected chi connectivity index (χ3v) is 3.77. The van der Waals surface area contributed by atoms with Gasteiger partial charge in [-0.05, 0) is 52.5 Å². The molecule has 0 aliphatic carbocycles. The number of nitrogens with one attached hydrogen (secondary N) is 1. The first-order valence-electron chi connectivity index (χ1n) is 8.08. The Morgan fingerprint density at radius 1 is 1.38 bits per heavy atom. The van der Waals surface area contributed by atoms with Crippen LogP contribution in [0.5, 0.6) is 5.88 Å². The normalized spacial score (nSPS) is 19.6. The predicted octanol–water partition coefficient (Wildman–Crippen LogP) is 3.08. The van der Waals surface area contributed by atoms with Crippen LogP contribution < -0.4 is 15.0 Å². The Bertz CT molecular complexity index is 442. The molecule has 1 aromatic heterocycles. The van der Waals surface area contributed by atoms with E-state index in [1.807, 2.05) is 19.1 Å². The highest BCUT2D eigenvalue weighted by molar-refractivity contribution is 5.41. The fourth-order valence-corrected chi connectivity index (χ4v) is 2.70. The molecule has 1 aromatic rings. The lowest BCUT2D eigenvalue weighted by Gasteiger charge is -2.35. The van der Waals surface area contributed by atoms with Crippen LogP contribution in [0.2, 0.25) is 0 Å². The average Bonchev–Trinajstić information content (AvgIpc) is 2.45. The van der Waals surface area contributed by atoms with E-state index in [4.69, 9.17) is 4.74 Å². The zero-order valence-electron chi connectivity index (χ0n) is 13.9. The standard InChI is InChI=1S/C17H29N3O/c1-5-21-16-10-6-9-15(19-16)20-11-7-8-14(13-20)12-18-17(2,3)4/h6,9-10,14,18H,5,7-8,11-13H2,1-4H3. The number of pyridine rings is 1. The van der Waals surface area contributed by atoms with Crippen molar-refractivity contribution in [2.75, 3.05) is 31.1 Å². The number of rotatable bonds is 5. The van der Waals surface area contributed by atoms with Crippen LogP contribution in [0.25, 0.3) is 0 Å². The molecule has 4 heteroatoms. The molecule has 0 aromatic carbocycles. The monoisotopic (exact) mass is 291 g/mol. The van der Waals surface area contributed by atoms with E-state index < -0.39 is 0 Å². The summed E-state index contributed by atoms with van der Waals surface area (Å²) in [6.45, 7) is 12.6. The van der Waals surface area contributed by atoms with E-state index in [9.17, 15) is 0 Å². The molecule has 1 unspecified atom stereocenters. The molecule has 4 nitrogen and oxygen atoms in total.